The van der Waals surface area contributed by atoms with E-state index in [0.717, 1.165) is 18.2 Å². The second-order valence-corrected chi connectivity index (χ2v) is 4.17. The smallest absolute Gasteiger partial charge is 0.315 e. The van der Waals surface area contributed by atoms with Gasteiger partial charge in [-0.2, -0.15) is 5.26 Å². The average molecular weight is 307 g/mol. The van der Waals surface area contributed by atoms with E-state index in [2.05, 4.69) is 5.32 Å². The van der Waals surface area contributed by atoms with Crippen LogP contribution in [0.25, 0.3) is 6.08 Å². The number of nitriles is 1. The highest BCUT2D eigenvalue weighted by Crippen LogP contribution is 2.36. The number of nitro benzene ring substituents is 1. The van der Waals surface area contributed by atoms with Gasteiger partial charge in [0.15, 0.2) is 5.75 Å². The number of aliphatic hydroxyl groups is 1. The molecule has 1 aromatic rings. The fraction of sp³-hybridized carbons (Fsp3) is 0.231. The number of aliphatic hydroxyl groups excluding tert-OH is 1. The largest absolute Gasteiger partial charge is 0.504 e. The molecule has 22 heavy (non-hydrogen) atoms. The molecule has 1 aromatic carbocycles. The van der Waals surface area contributed by atoms with Crippen LogP contribution in [0.3, 0.4) is 0 Å². The monoisotopic (exact) mass is 307 g/mol. The molecule has 0 spiro atoms. The summed E-state index contributed by atoms with van der Waals surface area (Å²) in [5, 5.41) is 49.5. The van der Waals surface area contributed by atoms with Crippen molar-refractivity contribution in [2.45, 2.75) is 6.42 Å². The van der Waals surface area contributed by atoms with E-state index in [4.69, 9.17) is 10.4 Å². The fourth-order valence-electron chi connectivity index (χ4n) is 1.54. The van der Waals surface area contributed by atoms with Crippen LogP contribution < -0.4 is 5.32 Å². The van der Waals surface area contributed by atoms with Crippen molar-refractivity contribution >= 4 is 17.7 Å². The SMILES string of the molecule is N#C/C(=C/c1cc(O)c(O)c([N+](=O)[O-])c1)C(=O)NCCCO. The van der Waals surface area contributed by atoms with E-state index in [0.29, 0.717) is 6.42 Å². The second-order valence-electron chi connectivity index (χ2n) is 4.17. The minimum Gasteiger partial charge on any atom is -0.504 e. The summed E-state index contributed by atoms with van der Waals surface area (Å²) in [5.74, 6) is -2.35. The van der Waals surface area contributed by atoms with Gasteiger partial charge in [0.05, 0.1) is 4.92 Å². The summed E-state index contributed by atoms with van der Waals surface area (Å²) >= 11 is 0. The highest BCUT2D eigenvalue weighted by molar-refractivity contribution is 6.01. The van der Waals surface area contributed by atoms with Crippen molar-refractivity contribution in [1.82, 2.24) is 5.32 Å². The lowest BCUT2D eigenvalue weighted by atomic mass is 10.1. The molecule has 0 radical (unpaired) electrons. The van der Waals surface area contributed by atoms with Crippen LogP contribution in [0.1, 0.15) is 12.0 Å². The van der Waals surface area contributed by atoms with Crippen LogP contribution in [-0.4, -0.2) is 39.3 Å². The Morgan fingerprint density at radius 1 is 1.45 bits per heavy atom. The molecule has 0 aliphatic rings. The van der Waals surface area contributed by atoms with Crippen LogP contribution in [0.5, 0.6) is 11.5 Å². The number of nitro groups is 1. The Morgan fingerprint density at radius 3 is 2.68 bits per heavy atom. The summed E-state index contributed by atoms with van der Waals surface area (Å²) in [6, 6.07) is 3.54. The van der Waals surface area contributed by atoms with Crippen molar-refractivity contribution in [2.75, 3.05) is 13.2 Å². The molecule has 0 saturated heterocycles. The topological polar surface area (TPSA) is 157 Å². The molecule has 0 aliphatic carbocycles. The summed E-state index contributed by atoms with van der Waals surface area (Å²) in [6.07, 6.45) is 1.36. The number of nitrogens with one attached hydrogen (secondary N) is 1. The van der Waals surface area contributed by atoms with E-state index in [1.54, 1.807) is 6.07 Å². The molecule has 0 heterocycles. The lowest BCUT2D eigenvalue weighted by molar-refractivity contribution is -0.386. The number of benzene rings is 1. The van der Waals surface area contributed by atoms with Crippen LogP contribution in [0.4, 0.5) is 5.69 Å². The molecule has 0 fully saturated rings. The van der Waals surface area contributed by atoms with Gasteiger partial charge in [-0.05, 0) is 24.1 Å². The number of aromatic hydroxyl groups is 2. The fourth-order valence-corrected chi connectivity index (χ4v) is 1.54. The first kappa shape index (κ1) is 16.9. The first-order chi connectivity index (χ1) is 10.4. The zero-order valence-corrected chi connectivity index (χ0v) is 11.3. The van der Waals surface area contributed by atoms with Crippen molar-refractivity contribution in [3.8, 4) is 17.6 Å². The summed E-state index contributed by atoms with van der Waals surface area (Å²) in [4.78, 5) is 21.5. The van der Waals surface area contributed by atoms with Crippen molar-refractivity contribution in [3.63, 3.8) is 0 Å². The molecule has 0 aliphatic heterocycles. The van der Waals surface area contributed by atoms with Gasteiger partial charge in [0, 0.05) is 19.2 Å². The Hall–Kier alpha value is -3.12. The molecule has 4 N–H and O–H groups in total. The lowest BCUT2D eigenvalue weighted by Gasteiger charge is -2.04. The summed E-state index contributed by atoms with van der Waals surface area (Å²) < 4.78 is 0. The Labute approximate surface area is 124 Å². The van der Waals surface area contributed by atoms with Crippen LogP contribution in [-0.2, 0) is 4.79 Å². The first-order valence-electron chi connectivity index (χ1n) is 6.12. The third kappa shape index (κ3) is 4.19. The van der Waals surface area contributed by atoms with Gasteiger partial charge in [0.2, 0.25) is 5.75 Å². The molecular weight excluding hydrogens is 294 g/mol. The number of nitrogens with zero attached hydrogens (tertiary/aromatic N) is 2. The number of carbonyl (C=O) groups is 1. The molecule has 0 atom stereocenters. The summed E-state index contributed by atoms with van der Waals surface area (Å²) in [7, 11) is 0. The van der Waals surface area contributed by atoms with Gasteiger partial charge in [0.25, 0.3) is 5.91 Å². The number of rotatable bonds is 6. The van der Waals surface area contributed by atoms with Gasteiger partial charge in [-0.15, -0.1) is 0 Å². The van der Waals surface area contributed by atoms with Crippen LogP contribution >= 0.6 is 0 Å². The normalized spacial score (nSPS) is 10.8. The van der Waals surface area contributed by atoms with Crippen LogP contribution in [0, 0.1) is 21.4 Å². The summed E-state index contributed by atoms with van der Waals surface area (Å²) in [6.45, 7) is 0.0409. The molecular formula is C13H13N3O6. The lowest BCUT2D eigenvalue weighted by Crippen LogP contribution is -2.26. The zero-order chi connectivity index (χ0) is 16.7. The van der Waals surface area contributed by atoms with E-state index < -0.39 is 28.0 Å². The molecule has 116 valence electrons. The van der Waals surface area contributed by atoms with E-state index in [1.807, 2.05) is 0 Å². The minimum atomic E-state index is -0.903. The molecule has 0 saturated carbocycles. The van der Waals surface area contributed by atoms with Gasteiger partial charge in [-0.3, -0.25) is 14.9 Å². The van der Waals surface area contributed by atoms with E-state index in [1.165, 1.54) is 0 Å². The van der Waals surface area contributed by atoms with Gasteiger partial charge < -0.3 is 20.6 Å². The van der Waals surface area contributed by atoms with Crippen molar-refractivity contribution in [2.24, 2.45) is 0 Å². The van der Waals surface area contributed by atoms with Crippen molar-refractivity contribution in [1.29, 1.82) is 5.26 Å². The Balaban J connectivity index is 3.11. The predicted molar refractivity (Wildman–Crippen MR) is 74.7 cm³/mol. The van der Waals surface area contributed by atoms with Crippen molar-refractivity contribution in [3.05, 3.63) is 33.4 Å². The number of hydrogen-bond donors (Lipinski definition) is 4. The highest BCUT2D eigenvalue weighted by Gasteiger charge is 2.19. The summed E-state index contributed by atoms with van der Waals surface area (Å²) in [5.41, 5.74) is -1.07. The average Bonchev–Trinajstić information content (AvgIpc) is 2.47. The maximum atomic E-state index is 11.7. The number of phenols is 2. The van der Waals surface area contributed by atoms with E-state index >= 15 is 0 Å². The third-order valence-electron chi connectivity index (χ3n) is 2.59. The molecule has 0 unspecified atom stereocenters. The number of carbonyl (C=O) groups excluding carboxylic acids is 1. The Morgan fingerprint density at radius 2 is 2.14 bits per heavy atom. The molecule has 0 aromatic heterocycles. The molecule has 1 rings (SSSR count). The van der Waals surface area contributed by atoms with Gasteiger partial charge in [-0.1, -0.05) is 0 Å². The standard InChI is InChI=1S/C13H13N3O6/c14-7-9(13(20)15-2-1-3-17)4-8-5-10(16(21)22)12(19)11(18)6-8/h4-6,17-19H,1-3H2,(H,15,20)/b9-4-. The van der Waals surface area contributed by atoms with Crippen molar-refractivity contribution < 1.29 is 25.0 Å². The number of phenolic OH excluding ortho intramolecular Hbond substituents is 2. The van der Waals surface area contributed by atoms with Crippen LogP contribution in [0.15, 0.2) is 17.7 Å². The second kappa shape index (κ2) is 7.61. The highest BCUT2D eigenvalue weighted by atomic mass is 16.6. The Kier molecular flexibility index (Phi) is 5.85. The number of hydrogen-bond acceptors (Lipinski definition) is 7. The molecule has 1 amide bonds. The maximum Gasteiger partial charge on any atom is 0.315 e. The molecule has 0 bridgehead atoms. The van der Waals surface area contributed by atoms with E-state index in [9.17, 15) is 25.1 Å². The quantitative estimate of drug-likeness (QED) is 0.148. The predicted octanol–water partition coefficient (Wildman–Crippen LogP) is 0.412. The molecule has 9 heteroatoms. The van der Waals surface area contributed by atoms with Gasteiger partial charge in [-0.25, -0.2) is 0 Å². The Bertz CT molecular complexity index is 662. The van der Waals surface area contributed by atoms with Crippen LogP contribution in [0.2, 0.25) is 0 Å². The van der Waals surface area contributed by atoms with E-state index in [-0.39, 0.29) is 24.3 Å². The molecule has 9 nitrogen and oxygen atoms in total. The first-order valence-corrected chi connectivity index (χ1v) is 6.12. The third-order valence-corrected chi connectivity index (χ3v) is 2.59. The number of amides is 1. The zero-order valence-electron chi connectivity index (χ0n) is 11.3. The van der Waals surface area contributed by atoms with Gasteiger partial charge >= 0.3 is 5.69 Å². The maximum absolute atomic E-state index is 11.7. The minimum absolute atomic E-state index is 0.0101. The van der Waals surface area contributed by atoms with Gasteiger partial charge in [0.1, 0.15) is 11.6 Å².